The van der Waals surface area contributed by atoms with Gasteiger partial charge in [-0.2, -0.15) is 0 Å². The number of benzene rings is 1. The zero-order chi connectivity index (χ0) is 23.0. The molecule has 7 heteroatoms. The topological polar surface area (TPSA) is 99.1 Å². The SMILES string of the molecule is CCCCCCC(=O)Oc1c(C/C=C(\C)CCC(=O)O)c(OC)c(C)c2c1C(=O)OC2. The highest BCUT2D eigenvalue weighted by Gasteiger charge is 2.34. The van der Waals surface area contributed by atoms with Gasteiger partial charge in [0, 0.05) is 24.0 Å². The monoisotopic (exact) mass is 432 g/mol. The Balaban J connectivity index is 2.39. The minimum Gasteiger partial charge on any atom is -0.496 e. The molecule has 2 rings (SSSR count). The van der Waals surface area contributed by atoms with Gasteiger partial charge in [-0.15, -0.1) is 0 Å². The molecule has 0 spiro atoms. The Hall–Kier alpha value is -2.83. The van der Waals surface area contributed by atoms with E-state index in [4.69, 9.17) is 19.3 Å². The number of rotatable bonds is 12. The van der Waals surface area contributed by atoms with Crippen molar-refractivity contribution in [3.8, 4) is 11.5 Å². The lowest BCUT2D eigenvalue weighted by molar-refractivity contribution is -0.137. The van der Waals surface area contributed by atoms with Crippen LogP contribution in [0.15, 0.2) is 11.6 Å². The molecule has 7 nitrogen and oxygen atoms in total. The molecule has 0 radical (unpaired) electrons. The van der Waals surface area contributed by atoms with Crippen LogP contribution >= 0.6 is 0 Å². The Bertz CT molecular complexity index is 867. The van der Waals surface area contributed by atoms with Gasteiger partial charge in [-0.1, -0.05) is 37.8 Å². The van der Waals surface area contributed by atoms with Crippen molar-refractivity contribution >= 4 is 17.9 Å². The van der Waals surface area contributed by atoms with Crippen LogP contribution in [0.3, 0.4) is 0 Å². The van der Waals surface area contributed by atoms with Crippen molar-refractivity contribution in [2.75, 3.05) is 7.11 Å². The normalized spacial score (nSPS) is 13.0. The summed E-state index contributed by atoms with van der Waals surface area (Å²) in [5.74, 6) is -1.02. The number of esters is 2. The van der Waals surface area contributed by atoms with Gasteiger partial charge in [0.1, 0.15) is 17.9 Å². The molecule has 1 aromatic rings. The summed E-state index contributed by atoms with van der Waals surface area (Å²) in [5, 5.41) is 8.89. The van der Waals surface area contributed by atoms with Gasteiger partial charge in [0.15, 0.2) is 5.75 Å². The highest BCUT2D eigenvalue weighted by molar-refractivity contribution is 5.99. The number of carbonyl (C=O) groups excluding carboxylic acids is 2. The predicted octanol–water partition coefficient (Wildman–Crippen LogP) is 4.90. The second kappa shape index (κ2) is 11.5. The second-order valence-corrected chi connectivity index (χ2v) is 7.83. The molecule has 0 atom stereocenters. The Kier molecular flexibility index (Phi) is 9.09. The van der Waals surface area contributed by atoms with Crippen LogP contribution in [0.5, 0.6) is 11.5 Å². The van der Waals surface area contributed by atoms with E-state index < -0.39 is 17.9 Å². The predicted molar refractivity (Wildman–Crippen MR) is 116 cm³/mol. The number of ether oxygens (including phenoxy) is 3. The van der Waals surface area contributed by atoms with E-state index >= 15 is 0 Å². The number of unbranched alkanes of at least 4 members (excludes halogenated alkanes) is 3. The first-order valence-electron chi connectivity index (χ1n) is 10.8. The molecular formula is C24H32O7. The molecule has 0 fully saturated rings. The number of hydrogen-bond donors (Lipinski definition) is 1. The van der Waals surface area contributed by atoms with E-state index in [0.29, 0.717) is 29.7 Å². The molecular weight excluding hydrogens is 400 g/mol. The van der Waals surface area contributed by atoms with Gasteiger partial charge in [-0.25, -0.2) is 4.79 Å². The molecule has 1 aliphatic rings. The molecule has 170 valence electrons. The molecule has 0 unspecified atom stereocenters. The van der Waals surface area contributed by atoms with Crippen LogP contribution in [0.25, 0.3) is 0 Å². The molecule has 31 heavy (non-hydrogen) atoms. The number of cyclic esters (lactones) is 1. The molecule has 1 N–H and O–H groups in total. The Labute approximate surface area is 183 Å². The van der Waals surface area contributed by atoms with Crippen molar-refractivity contribution in [2.45, 2.75) is 78.7 Å². The van der Waals surface area contributed by atoms with E-state index in [0.717, 1.165) is 36.8 Å². The summed E-state index contributed by atoms with van der Waals surface area (Å²) in [4.78, 5) is 35.8. The lowest BCUT2D eigenvalue weighted by Gasteiger charge is -2.19. The summed E-state index contributed by atoms with van der Waals surface area (Å²) in [6, 6.07) is 0. The van der Waals surface area contributed by atoms with Crippen molar-refractivity contribution in [1.82, 2.24) is 0 Å². The minimum absolute atomic E-state index is 0.0363. The van der Waals surface area contributed by atoms with Gasteiger partial charge in [0.25, 0.3) is 0 Å². The van der Waals surface area contributed by atoms with Crippen LogP contribution in [0.4, 0.5) is 0 Å². The van der Waals surface area contributed by atoms with Gasteiger partial charge in [-0.05, 0) is 38.7 Å². The molecule has 0 aromatic heterocycles. The third-order valence-corrected chi connectivity index (χ3v) is 5.46. The Morgan fingerprint density at radius 2 is 1.87 bits per heavy atom. The van der Waals surface area contributed by atoms with Crippen molar-refractivity contribution in [3.63, 3.8) is 0 Å². The highest BCUT2D eigenvalue weighted by atomic mass is 16.6. The van der Waals surface area contributed by atoms with Crippen LogP contribution in [0.1, 0.15) is 85.8 Å². The summed E-state index contributed by atoms with van der Waals surface area (Å²) in [6.07, 6.45) is 6.74. The van der Waals surface area contributed by atoms with Gasteiger partial charge in [0.05, 0.1) is 7.11 Å². The number of fused-ring (bicyclic) bond motifs is 1. The minimum atomic E-state index is -0.862. The van der Waals surface area contributed by atoms with E-state index in [1.54, 1.807) is 0 Å². The largest absolute Gasteiger partial charge is 0.496 e. The van der Waals surface area contributed by atoms with E-state index in [2.05, 4.69) is 6.92 Å². The number of carboxylic acid groups (broad SMARTS) is 1. The summed E-state index contributed by atoms with van der Waals surface area (Å²) in [6.45, 7) is 5.92. The van der Waals surface area contributed by atoms with Crippen LogP contribution in [0, 0.1) is 6.92 Å². The standard InChI is InChI=1S/C24H32O7/c1-5-6-7-8-9-20(27)31-23-17(12-10-15(2)11-13-19(25)26)22(29-4)16(3)18-14-30-24(28)21(18)23/h10H,5-9,11-14H2,1-4H3,(H,25,26)/b15-10+. The van der Waals surface area contributed by atoms with Crippen molar-refractivity contribution in [1.29, 1.82) is 0 Å². The van der Waals surface area contributed by atoms with E-state index in [1.807, 2.05) is 19.9 Å². The molecule has 0 saturated heterocycles. The molecule has 0 amide bonds. The first-order valence-corrected chi connectivity index (χ1v) is 10.8. The Morgan fingerprint density at radius 3 is 2.52 bits per heavy atom. The fourth-order valence-corrected chi connectivity index (χ4v) is 3.67. The van der Waals surface area contributed by atoms with Gasteiger partial charge in [-0.3, -0.25) is 9.59 Å². The molecule has 1 aromatic carbocycles. The van der Waals surface area contributed by atoms with E-state index in [-0.39, 0.29) is 30.8 Å². The average molecular weight is 433 g/mol. The third kappa shape index (κ3) is 6.32. The van der Waals surface area contributed by atoms with Crippen LogP contribution < -0.4 is 9.47 Å². The molecule has 1 heterocycles. The molecule has 1 aliphatic heterocycles. The fraction of sp³-hybridized carbons (Fsp3) is 0.542. The fourth-order valence-electron chi connectivity index (χ4n) is 3.67. The van der Waals surface area contributed by atoms with Gasteiger partial charge in [0.2, 0.25) is 0 Å². The van der Waals surface area contributed by atoms with Crippen LogP contribution in [-0.2, 0) is 27.4 Å². The number of aliphatic carboxylic acids is 1. The maximum Gasteiger partial charge on any atom is 0.342 e. The van der Waals surface area contributed by atoms with Gasteiger partial charge >= 0.3 is 17.9 Å². The lowest BCUT2D eigenvalue weighted by atomic mass is 9.94. The summed E-state index contributed by atoms with van der Waals surface area (Å²) in [5.41, 5.74) is 3.21. The van der Waals surface area contributed by atoms with E-state index in [1.165, 1.54) is 7.11 Å². The van der Waals surface area contributed by atoms with Crippen LogP contribution in [0.2, 0.25) is 0 Å². The summed E-state index contributed by atoms with van der Waals surface area (Å²) < 4.78 is 16.6. The molecule has 0 bridgehead atoms. The van der Waals surface area contributed by atoms with Crippen molar-refractivity contribution < 1.29 is 33.7 Å². The summed E-state index contributed by atoms with van der Waals surface area (Å²) in [7, 11) is 1.53. The van der Waals surface area contributed by atoms with Gasteiger partial charge < -0.3 is 19.3 Å². The molecule has 0 aliphatic carbocycles. The first kappa shape index (κ1) is 24.4. The number of methoxy groups -OCH3 is 1. The number of carbonyl (C=O) groups is 3. The lowest BCUT2D eigenvalue weighted by Crippen LogP contribution is -2.14. The zero-order valence-electron chi connectivity index (χ0n) is 18.8. The van der Waals surface area contributed by atoms with Crippen LogP contribution in [-0.4, -0.2) is 30.1 Å². The number of hydrogen-bond acceptors (Lipinski definition) is 6. The highest BCUT2D eigenvalue weighted by Crippen LogP contribution is 2.43. The van der Waals surface area contributed by atoms with Crippen molar-refractivity contribution in [2.24, 2.45) is 0 Å². The molecule has 0 saturated carbocycles. The third-order valence-electron chi connectivity index (χ3n) is 5.46. The average Bonchev–Trinajstić information content (AvgIpc) is 3.12. The summed E-state index contributed by atoms with van der Waals surface area (Å²) >= 11 is 0. The second-order valence-electron chi connectivity index (χ2n) is 7.83. The number of carboxylic acids is 1. The maximum atomic E-state index is 12.5. The zero-order valence-corrected chi connectivity index (χ0v) is 18.8. The quantitative estimate of drug-likeness (QED) is 0.217. The number of allylic oxidation sites excluding steroid dienone is 2. The maximum absolute atomic E-state index is 12.5. The smallest absolute Gasteiger partial charge is 0.342 e. The van der Waals surface area contributed by atoms with Crippen molar-refractivity contribution in [3.05, 3.63) is 33.9 Å². The first-order chi connectivity index (χ1) is 14.8. The van der Waals surface area contributed by atoms with E-state index in [9.17, 15) is 14.4 Å². The Morgan fingerprint density at radius 1 is 1.13 bits per heavy atom.